The molecule has 0 radical (unpaired) electrons. The summed E-state index contributed by atoms with van der Waals surface area (Å²) < 4.78 is 0. The average Bonchev–Trinajstić information content (AvgIpc) is 2.81. The van der Waals surface area contributed by atoms with Gasteiger partial charge in [-0.3, -0.25) is 4.79 Å². The van der Waals surface area contributed by atoms with E-state index >= 15 is 0 Å². The lowest BCUT2D eigenvalue weighted by Crippen LogP contribution is -2.36. The molecule has 0 bridgehead atoms. The predicted molar refractivity (Wildman–Crippen MR) is 64.1 cm³/mol. The molecule has 0 spiro atoms. The topological polar surface area (TPSA) is 44.9 Å². The maximum Gasteiger partial charge on any atom is 0.220 e. The van der Waals surface area contributed by atoms with Crippen molar-refractivity contribution in [2.24, 2.45) is 0 Å². The van der Waals surface area contributed by atoms with E-state index in [4.69, 9.17) is 0 Å². The summed E-state index contributed by atoms with van der Waals surface area (Å²) in [6, 6.07) is 4.42. The van der Waals surface area contributed by atoms with Crippen molar-refractivity contribution in [2.45, 2.75) is 51.0 Å². The highest BCUT2D eigenvalue weighted by Crippen LogP contribution is 2.17. The third kappa shape index (κ3) is 3.40. The highest BCUT2D eigenvalue weighted by atomic mass is 16.1. The van der Waals surface area contributed by atoms with Gasteiger partial charge < -0.3 is 10.3 Å². The summed E-state index contributed by atoms with van der Waals surface area (Å²) in [6.07, 6.45) is 9.48. The minimum atomic E-state index is 0.196. The van der Waals surface area contributed by atoms with Crippen molar-refractivity contribution >= 4 is 5.91 Å². The molecule has 3 nitrogen and oxygen atoms in total. The Morgan fingerprint density at radius 1 is 1.38 bits per heavy atom. The van der Waals surface area contributed by atoms with Crippen molar-refractivity contribution < 1.29 is 4.79 Å². The Hall–Kier alpha value is -1.25. The quantitative estimate of drug-likeness (QED) is 0.804. The molecule has 1 heterocycles. The van der Waals surface area contributed by atoms with Crippen molar-refractivity contribution in [3.05, 3.63) is 24.0 Å². The second-order valence-electron chi connectivity index (χ2n) is 4.60. The number of aryl methyl sites for hydroxylation is 1. The molecule has 0 aliphatic heterocycles. The van der Waals surface area contributed by atoms with Crippen molar-refractivity contribution in [3.63, 3.8) is 0 Å². The maximum atomic E-state index is 11.7. The Labute approximate surface area is 96.6 Å². The third-order valence-electron chi connectivity index (χ3n) is 3.25. The molecule has 0 aromatic carbocycles. The molecule has 88 valence electrons. The van der Waals surface area contributed by atoms with E-state index in [1.165, 1.54) is 19.3 Å². The number of aromatic nitrogens is 1. The summed E-state index contributed by atoms with van der Waals surface area (Å²) in [5.74, 6) is 0.196. The van der Waals surface area contributed by atoms with Crippen LogP contribution in [0.15, 0.2) is 18.3 Å². The smallest absolute Gasteiger partial charge is 0.220 e. The lowest BCUT2D eigenvalue weighted by molar-refractivity contribution is -0.122. The molecular formula is C13H20N2O. The second-order valence-corrected chi connectivity index (χ2v) is 4.60. The summed E-state index contributed by atoms with van der Waals surface area (Å²) in [5, 5.41) is 3.13. The normalized spacial score (nSPS) is 17.2. The monoisotopic (exact) mass is 220 g/mol. The zero-order valence-corrected chi connectivity index (χ0v) is 9.67. The van der Waals surface area contributed by atoms with Crippen LogP contribution >= 0.6 is 0 Å². The van der Waals surface area contributed by atoms with Crippen molar-refractivity contribution in [1.29, 1.82) is 0 Å². The number of nitrogens with one attached hydrogen (secondary N) is 2. The molecule has 1 fully saturated rings. The molecule has 2 N–H and O–H groups in total. The van der Waals surface area contributed by atoms with Gasteiger partial charge in [0.05, 0.1) is 0 Å². The fourth-order valence-corrected chi connectivity index (χ4v) is 2.32. The van der Waals surface area contributed by atoms with E-state index in [-0.39, 0.29) is 5.91 Å². The van der Waals surface area contributed by atoms with E-state index < -0.39 is 0 Å². The van der Waals surface area contributed by atoms with Crippen molar-refractivity contribution in [1.82, 2.24) is 10.3 Å². The first-order valence-electron chi connectivity index (χ1n) is 6.26. The summed E-state index contributed by atoms with van der Waals surface area (Å²) in [5.41, 5.74) is 1.14. The van der Waals surface area contributed by atoms with Crippen LogP contribution in [0.1, 0.15) is 44.2 Å². The molecule has 16 heavy (non-hydrogen) atoms. The molecule has 1 amide bonds. The number of hydrogen-bond donors (Lipinski definition) is 2. The number of aromatic amines is 1. The number of rotatable bonds is 4. The molecule has 0 saturated heterocycles. The summed E-state index contributed by atoms with van der Waals surface area (Å²) in [7, 11) is 0. The SMILES string of the molecule is O=C(CCc1ccc[nH]1)NC1CCCCC1. The molecule has 3 heteroatoms. The zero-order chi connectivity index (χ0) is 11.2. The van der Waals surface area contributed by atoms with Gasteiger partial charge in [-0.25, -0.2) is 0 Å². The average molecular weight is 220 g/mol. The first kappa shape index (κ1) is 11.2. The third-order valence-corrected chi connectivity index (χ3v) is 3.25. The van der Waals surface area contributed by atoms with Crippen LogP contribution in [0.3, 0.4) is 0 Å². The molecule has 1 aliphatic rings. The molecular weight excluding hydrogens is 200 g/mol. The van der Waals surface area contributed by atoms with Gasteiger partial charge in [0.1, 0.15) is 0 Å². The van der Waals surface area contributed by atoms with Gasteiger partial charge in [0.2, 0.25) is 5.91 Å². The first-order valence-corrected chi connectivity index (χ1v) is 6.26. The predicted octanol–water partition coefficient (Wildman–Crippen LogP) is 2.40. The van der Waals surface area contributed by atoms with E-state index in [1.54, 1.807) is 0 Å². The van der Waals surface area contributed by atoms with Gasteiger partial charge >= 0.3 is 0 Å². The highest BCUT2D eigenvalue weighted by molar-refractivity contribution is 5.76. The van der Waals surface area contributed by atoms with Crippen LogP contribution in [-0.4, -0.2) is 16.9 Å². The van der Waals surface area contributed by atoms with Crippen LogP contribution in [0, 0.1) is 0 Å². The van der Waals surface area contributed by atoms with E-state index in [9.17, 15) is 4.79 Å². The second kappa shape index (κ2) is 5.73. The minimum Gasteiger partial charge on any atom is -0.365 e. The van der Waals surface area contributed by atoms with Crippen molar-refractivity contribution in [3.8, 4) is 0 Å². The Morgan fingerprint density at radius 2 is 2.19 bits per heavy atom. The molecule has 1 aromatic heterocycles. The van der Waals surface area contributed by atoms with E-state index in [0.717, 1.165) is 25.0 Å². The highest BCUT2D eigenvalue weighted by Gasteiger charge is 2.15. The van der Waals surface area contributed by atoms with E-state index in [0.29, 0.717) is 12.5 Å². The first-order chi connectivity index (χ1) is 7.84. The Balaban J connectivity index is 1.67. The van der Waals surface area contributed by atoms with Gasteiger partial charge in [-0.1, -0.05) is 19.3 Å². The van der Waals surface area contributed by atoms with Crippen LogP contribution in [0.4, 0.5) is 0 Å². The van der Waals surface area contributed by atoms with Gasteiger partial charge in [0.25, 0.3) is 0 Å². The van der Waals surface area contributed by atoms with Gasteiger partial charge in [0, 0.05) is 24.4 Å². The largest absolute Gasteiger partial charge is 0.365 e. The molecule has 1 aromatic rings. The van der Waals surface area contributed by atoms with Gasteiger partial charge in [0.15, 0.2) is 0 Å². The molecule has 2 rings (SSSR count). The lowest BCUT2D eigenvalue weighted by Gasteiger charge is -2.22. The van der Waals surface area contributed by atoms with Crippen LogP contribution < -0.4 is 5.32 Å². The van der Waals surface area contributed by atoms with Crippen LogP contribution in [0.25, 0.3) is 0 Å². The Kier molecular flexibility index (Phi) is 4.03. The number of H-pyrrole nitrogens is 1. The fraction of sp³-hybridized carbons (Fsp3) is 0.615. The number of hydrogen-bond acceptors (Lipinski definition) is 1. The lowest BCUT2D eigenvalue weighted by atomic mass is 9.95. The standard InChI is InChI=1S/C13H20N2O/c16-13(9-8-11-7-4-10-14-11)15-12-5-2-1-3-6-12/h4,7,10,12,14H,1-3,5-6,8-9H2,(H,15,16). The minimum absolute atomic E-state index is 0.196. The molecule has 0 atom stereocenters. The number of amides is 1. The van der Waals surface area contributed by atoms with Crippen LogP contribution in [0.2, 0.25) is 0 Å². The molecule has 1 saturated carbocycles. The zero-order valence-electron chi connectivity index (χ0n) is 9.67. The summed E-state index contributed by atoms with van der Waals surface area (Å²) in [6.45, 7) is 0. The van der Waals surface area contributed by atoms with Gasteiger partial charge in [-0.15, -0.1) is 0 Å². The maximum absolute atomic E-state index is 11.7. The van der Waals surface area contributed by atoms with Crippen molar-refractivity contribution in [2.75, 3.05) is 0 Å². The summed E-state index contributed by atoms with van der Waals surface area (Å²) >= 11 is 0. The Bertz CT molecular complexity index is 313. The van der Waals surface area contributed by atoms with Gasteiger partial charge in [-0.05, 0) is 31.4 Å². The molecule has 1 aliphatic carbocycles. The van der Waals surface area contributed by atoms with Gasteiger partial charge in [-0.2, -0.15) is 0 Å². The van der Waals surface area contributed by atoms with E-state index in [1.807, 2.05) is 18.3 Å². The van der Waals surface area contributed by atoms with Crippen LogP contribution in [0.5, 0.6) is 0 Å². The number of carbonyl (C=O) groups excluding carboxylic acids is 1. The number of carbonyl (C=O) groups is 1. The summed E-state index contributed by atoms with van der Waals surface area (Å²) in [4.78, 5) is 14.8. The molecule has 0 unspecified atom stereocenters. The van der Waals surface area contributed by atoms with E-state index in [2.05, 4.69) is 10.3 Å². The van der Waals surface area contributed by atoms with Crippen LogP contribution in [-0.2, 0) is 11.2 Å². The Morgan fingerprint density at radius 3 is 2.88 bits per heavy atom. The fourth-order valence-electron chi connectivity index (χ4n) is 2.32.